The molecule has 1 aromatic carbocycles. The molecular weight excluding hydrogens is 244 g/mol. The number of aromatic nitrogens is 1. The number of nitrogens with zero attached hydrogens (tertiary/aromatic N) is 1. The Morgan fingerprint density at radius 1 is 1.50 bits per heavy atom. The highest BCUT2D eigenvalue weighted by molar-refractivity contribution is 9.10. The molecule has 0 saturated heterocycles. The van der Waals surface area contributed by atoms with Crippen LogP contribution in [0.25, 0.3) is 10.9 Å². The van der Waals surface area contributed by atoms with Crippen LogP contribution < -0.4 is 5.73 Å². The lowest BCUT2D eigenvalue weighted by molar-refractivity contribution is 0.473. The summed E-state index contributed by atoms with van der Waals surface area (Å²) in [5.41, 5.74) is 7.73. The number of aryl methyl sites for hydroxylation is 1. The van der Waals surface area contributed by atoms with Crippen LogP contribution in [0.2, 0.25) is 0 Å². The van der Waals surface area contributed by atoms with Crippen molar-refractivity contribution in [3.63, 3.8) is 0 Å². The van der Waals surface area contributed by atoms with Crippen LogP contribution in [0.1, 0.15) is 5.56 Å². The molecular formula is C10H11BrN2O. The monoisotopic (exact) mass is 254 g/mol. The van der Waals surface area contributed by atoms with Crippen LogP contribution in [0, 0.1) is 0 Å². The summed E-state index contributed by atoms with van der Waals surface area (Å²) < 4.78 is 2.72. The minimum absolute atomic E-state index is 0.249. The van der Waals surface area contributed by atoms with Crippen LogP contribution in [0.5, 0.6) is 5.75 Å². The van der Waals surface area contributed by atoms with Gasteiger partial charge in [0.15, 0.2) is 0 Å². The number of aromatic hydroxyl groups is 1. The van der Waals surface area contributed by atoms with E-state index in [1.165, 1.54) is 0 Å². The van der Waals surface area contributed by atoms with Gasteiger partial charge in [-0.3, -0.25) is 0 Å². The second kappa shape index (κ2) is 3.29. The number of phenolic OH excluding ortho intramolecular Hbond substituents is 1. The molecule has 0 fully saturated rings. The molecule has 0 saturated carbocycles. The molecule has 14 heavy (non-hydrogen) atoms. The first-order chi connectivity index (χ1) is 6.65. The lowest BCUT2D eigenvalue weighted by atomic mass is 10.1. The number of hydrogen-bond donors (Lipinski definition) is 2. The van der Waals surface area contributed by atoms with Crippen LogP contribution >= 0.6 is 15.9 Å². The maximum atomic E-state index is 9.55. The summed E-state index contributed by atoms with van der Waals surface area (Å²) in [4.78, 5) is 0. The van der Waals surface area contributed by atoms with Crippen LogP contribution in [0.4, 0.5) is 0 Å². The number of benzene rings is 1. The van der Waals surface area contributed by atoms with E-state index in [2.05, 4.69) is 15.9 Å². The van der Waals surface area contributed by atoms with Gasteiger partial charge in [0.1, 0.15) is 5.75 Å². The molecule has 0 aliphatic rings. The van der Waals surface area contributed by atoms with Gasteiger partial charge in [0.25, 0.3) is 0 Å². The first-order valence-corrected chi connectivity index (χ1v) is 5.10. The topological polar surface area (TPSA) is 51.2 Å². The first-order valence-electron chi connectivity index (χ1n) is 4.30. The smallest absolute Gasteiger partial charge is 0.130 e. The van der Waals surface area contributed by atoms with Crippen molar-refractivity contribution >= 4 is 26.8 Å². The fraction of sp³-hybridized carbons (Fsp3) is 0.200. The maximum absolute atomic E-state index is 9.55. The molecule has 3 N–H and O–H groups in total. The van der Waals surface area contributed by atoms with Crippen LogP contribution in [-0.4, -0.2) is 9.67 Å². The van der Waals surface area contributed by atoms with Crippen molar-refractivity contribution in [3.05, 3.63) is 28.4 Å². The van der Waals surface area contributed by atoms with Crippen LogP contribution in [-0.2, 0) is 13.6 Å². The van der Waals surface area contributed by atoms with E-state index in [9.17, 15) is 5.11 Å². The SMILES string of the molecule is Cn1cc(CN)c2c(Br)c(O)ccc21. The Bertz CT molecular complexity index is 490. The van der Waals surface area contributed by atoms with E-state index in [0.717, 1.165) is 20.9 Å². The van der Waals surface area contributed by atoms with E-state index in [4.69, 9.17) is 5.73 Å². The number of nitrogens with two attached hydrogens (primary N) is 1. The number of rotatable bonds is 1. The number of fused-ring (bicyclic) bond motifs is 1. The van der Waals surface area contributed by atoms with Crippen molar-refractivity contribution in [2.75, 3.05) is 0 Å². The zero-order valence-electron chi connectivity index (χ0n) is 7.79. The Kier molecular flexibility index (Phi) is 2.25. The van der Waals surface area contributed by atoms with Crippen molar-refractivity contribution in [1.29, 1.82) is 0 Å². The molecule has 4 heteroatoms. The summed E-state index contributed by atoms with van der Waals surface area (Å²) in [6.45, 7) is 0.472. The first kappa shape index (κ1) is 9.55. The van der Waals surface area contributed by atoms with Gasteiger partial charge < -0.3 is 15.4 Å². The third-order valence-electron chi connectivity index (χ3n) is 2.37. The Morgan fingerprint density at radius 3 is 2.86 bits per heavy atom. The van der Waals surface area contributed by atoms with E-state index >= 15 is 0 Å². The fourth-order valence-electron chi connectivity index (χ4n) is 1.68. The molecule has 0 amide bonds. The zero-order valence-corrected chi connectivity index (χ0v) is 9.37. The quantitative estimate of drug-likeness (QED) is 0.819. The highest BCUT2D eigenvalue weighted by Crippen LogP contribution is 2.34. The molecule has 0 radical (unpaired) electrons. The van der Waals surface area contributed by atoms with E-state index in [1.54, 1.807) is 6.07 Å². The van der Waals surface area contributed by atoms with Crippen LogP contribution in [0.15, 0.2) is 22.8 Å². The predicted molar refractivity (Wildman–Crippen MR) is 60.2 cm³/mol. The van der Waals surface area contributed by atoms with Crippen molar-refractivity contribution in [2.45, 2.75) is 6.54 Å². The average molecular weight is 255 g/mol. The summed E-state index contributed by atoms with van der Waals surface area (Å²) in [5, 5.41) is 10.5. The highest BCUT2D eigenvalue weighted by Gasteiger charge is 2.11. The lowest BCUT2D eigenvalue weighted by Crippen LogP contribution is -1.94. The number of phenols is 1. The summed E-state index contributed by atoms with van der Waals surface area (Å²) in [5.74, 6) is 0.249. The van der Waals surface area contributed by atoms with E-state index in [-0.39, 0.29) is 5.75 Å². The molecule has 0 bridgehead atoms. The normalized spacial score (nSPS) is 11.1. The van der Waals surface area contributed by atoms with Gasteiger partial charge >= 0.3 is 0 Å². The summed E-state index contributed by atoms with van der Waals surface area (Å²) in [6.07, 6.45) is 1.98. The Morgan fingerprint density at radius 2 is 2.21 bits per heavy atom. The Hall–Kier alpha value is -1.00. The predicted octanol–water partition coefficient (Wildman–Crippen LogP) is 2.11. The average Bonchev–Trinajstić information content (AvgIpc) is 2.50. The minimum atomic E-state index is 0.249. The molecule has 0 unspecified atom stereocenters. The Balaban J connectivity index is 2.91. The van der Waals surface area contributed by atoms with E-state index in [1.807, 2.05) is 23.9 Å². The van der Waals surface area contributed by atoms with Gasteiger partial charge in [0, 0.05) is 30.7 Å². The van der Waals surface area contributed by atoms with Gasteiger partial charge in [-0.15, -0.1) is 0 Å². The standard InChI is InChI=1S/C10H11BrN2O/c1-13-5-6(4-12)9-7(13)2-3-8(14)10(9)11/h2-3,5,14H,4,12H2,1H3. The third-order valence-corrected chi connectivity index (χ3v) is 3.17. The van der Waals surface area contributed by atoms with Gasteiger partial charge in [-0.25, -0.2) is 0 Å². The molecule has 0 aliphatic heterocycles. The van der Waals surface area contributed by atoms with Gasteiger partial charge in [-0.2, -0.15) is 0 Å². The van der Waals surface area contributed by atoms with E-state index < -0.39 is 0 Å². The molecule has 2 aromatic rings. The van der Waals surface area contributed by atoms with Crippen molar-refractivity contribution in [3.8, 4) is 5.75 Å². The molecule has 3 nitrogen and oxygen atoms in total. The van der Waals surface area contributed by atoms with Crippen molar-refractivity contribution in [1.82, 2.24) is 4.57 Å². The van der Waals surface area contributed by atoms with Gasteiger partial charge in [0.2, 0.25) is 0 Å². The lowest BCUT2D eigenvalue weighted by Gasteiger charge is -2.01. The second-order valence-electron chi connectivity index (χ2n) is 3.26. The zero-order chi connectivity index (χ0) is 10.3. The molecule has 1 aromatic heterocycles. The third kappa shape index (κ3) is 1.22. The highest BCUT2D eigenvalue weighted by atomic mass is 79.9. The number of hydrogen-bond acceptors (Lipinski definition) is 2. The Labute approximate surface area is 90.3 Å². The van der Waals surface area contributed by atoms with E-state index in [0.29, 0.717) is 6.54 Å². The molecule has 0 aliphatic carbocycles. The van der Waals surface area contributed by atoms with Crippen molar-refractivity contribution < 1.29 is 5.11 Å². The maximum Gasteiger partial charge on any atom is 0.130 e. The molecule has 1 heterocycles. The summed E-state index contributed by atoms with van der Waals surface area (Å²) >= 11 is 3.37. The van der Waals surface area contributed by atoms with Gasteiger partial charge in [0.05, 0.1) is 4.47 Å². The second-order valence-corrected chi connectivity index (χ2v) is 4.06. The van der Waals surface area contributed by atoms with Gasteiger partial charge in [-0.05, 0) is 33.6 Å². The number of halogens is 1. The molecule has 74 valence electrons. The summed E-state index contributed by atoms with van der Waals surface area (Å²) in [7, 11) is 1.96. The summed E-state index contributed by atoms with van der Waals surface area (Å²) in [6, 6.07) is 3.56. The minimum Gasteiger partial charge on any atom is -0.507 e. The largest absolute Gasteiger partial charge is 0.507 e. The molecule has 0 atom stereocenters. The fourth-order valence-corrected chi connectivity index (χ4v) is 2.27. The van der Waals surface area contributed by atoms with Crippen molar-refractivity contribution in [2.24, 2.45) is 12.8 Å². The van der Waals surface area contributed by atoms with Gasteiger partial charge in [-0.1, -0.05) is 0 Å². The molecule has 0 spiro atoms. The molecule has 2 rings (SSSR count). The van der Waals surface area contributed by atoms with Crippen LogP contribution in [0.3, 0.4) is 0 Å².